The van der Waals surface area contributed by atoms with Gasteiger partial charge in [0.15, 0.2) is 16.7 Å². The van der Waals surface area contributed by atoms with Crippen LogP contribution in [-0.2, 0) is 17.0 Å². The average molecular weight is 383 g/mol. The van der Waals surface area contributed by atoms with Crippen LogP contribution >= 0.6 is 23.4 Å². The molecule has 136 valence electrons. The highest BCUT2D eigenvalue weighted by Gasteiger charge is 2.17. The second kappa shape index (κ2) is 8.34. The number of aryl methyl sites for hydroxylation is 1. The molecule has 0 unspecified atom stereocenters. The Labute approximate surface area is 157 Å². The first-order chi connectivity index (χ1) is 12.1. The molecule has 0 spiro atoms. The normalized spacial score (nSPS) is 13.8. The zero-order valence-electron chi connectivity index (χ0n) is 14.8. The number of ether oxygens (including phenoxy) is 3. The molecular weight excluding hydrogens is 360 g/mol. The van der Waals surface area contributed by atoms with Crippen molar-refractivity contribution in [1.29, 1.82) is 0 Å². The van der Waals surface area contributed by atoms with Gasteiger partial charge in [-0.25, -0.2) is 4.98 Å². The zero-order valence-corrected chi connectivity index (χ0v) is 16.4. The summed E-state index contributed by atoms with van der Waals surface area (Å²) in [6.07, 6.45) is 0.866. The minimum Gasteiger partial charge on any atom is -0.489 e. The molecule has 3 rings (SSSR count). The maximum Gasteiger partial charge on any atom is 0.179 e. The minimum absolute atomic E-state index is 0.602. The van der Waals surface area contributed by atoms with E-state index in [1.54, 1.807) is 18.9 Å². The van der Waals surface area contributed by atoms with E-state index in [0.717, 1.165) is 40.9 Å². The van der Waals surface area contributed by atoms with Crippen LogP contribution < -0.4 is 9.47 Å². The van der Waals surface area contributed by atoms with Crippen LogP contribution in [0.3, 0.4) is 0 Å². The number of imidazole rings is 1. The number of benzene rings is 1. The van der Waals surface area contributed by atoms with E-state index in [9.17, 15) is 0 Å². The van der Waals surface area contributed by atoms with Crippen molar-refractivity contribution in [3.05, 3.63) is 34.1 Å². The van der Waals surface area contributed by atoms with Crippen LogP contribution in [0.4, 0.5) is 0 Å². The second-order valence-electron chi connectivity index (χ2n) is 5.95. The molecule has 2 aromatic rings. The molecule has 2 heterocycles. The predicted molar refractivity (Wildman–Crippen MR) is 100 cm³/mol. The fourth-order valence-corrected chi connectivity index (χ4v) is 4.03. The van der Waals surface area contributed by atoms with Crippen molar-refractivity contribution in [3.8, 4) is 11.5 Å². The lowest BCUT2D eigenvalue weighted by Crippen LogP contribution is -2.07. The summed E-state index contributed by atoms with van der Waals surface area (Å²) in [7, 11) is 1.71. The average Bonchev–Trinajstić information content (AvgIpc) is 2.77. The lowest BCUT2D eigenvalue weighted by molar-refractivity contribution is 0.184. The number of rotatable bonds is 6. The van der Waals surface area contributed by atoms with Gasteiger partial charge >= 0.3 is 0 Å². The summed E-state index contributed by atoms with van der Waals surface area (Å²) in [5.41, 5.74) is 3.32. The van der Waals surface area contributed by atoms with E-state index in [1.165, 1.54) is 5.69 Å². The Morgan fingerprint density at radius 3 is 2.88 bits per heavy atom. The summed E-state index contributed by atoms with van der Waals surface area (Å²) in [6, 6.07) is 3.96. The topological polar surface area (TPSA) is 45.5 Å². The molecule has 25 heavy (non-hydrogen) atoms. The molecule has 1 aliphatic rings. The summed E-state index contributed by atoms with van der Waals surface area (Å²) < 4.78 is 18.9. The number of aromatic nitrogens is 2. The lowest BCUT2D eigenvalue weighted by atomic mass is 10.2. The SMILES string of the molecule is COCCn1c(SCc2cc(Cl)c3c(c2)OCCCO3)nc(C)c1C. The van der Waals surface area contributed by atoms with Gasteiger partial charge < -0.3 is 18.8 Å². The van der Waals surface area contributed by atoms with Gasteiger partial charge in [0.25, 0.3) is 0 Å². The summed E-state index contributed by atoms with van der Waals surface area (Å²) in [6.45, 7) is 6.88. The van der Waals surface area contributed by atoms with Gasteiger partial charge in [-0.1, -0.05) is 23.4 Å². The number of thioether (sulfide) groups is 1. The van der Waals surface area contributed by atoms with Gasteiger partial charge in [-0.2, -0.15) is 0 Å². The molecule has 0 radical (unpaired) electrons. The van der Waals surface area contributed by atoms with Crippen LogP contribution in [0.2, 0.25) is 5.02 Å². The molecular formula is C18H23ClN2O3S. The van der Waals surface area contributed by atoms with Crippen molar-refractivity contribution in [2.45, 2.75) is 37.7 Å². The highest BCUT2D eigenvalue weighted by molar-refractivity contribution is 7.98. The van der Waals surface area contributed by atoms with Crippen LogP contribution in [0, 0.1) is 13.8 Å². The second-order valence-corrected chi connectivity index (χ2v) is 7.30. The monoisotopic (exact) mass is 382 g/mol. The van der Waals surface area contributed by atoms with E-state index in [4.69, 9.17) is 25.8 Å². The van der Waals surface area contributed by atoms with Gasteiger partial charge in [-0.15, -0.1) is 0 Å². The maximum atomic E-state index is 6.38. The molecule has 0 saturated heterocycles. The van der Waals surface area contributed by atoms with E-state index in [-0.39, 0.29) is 0 Å². The van der Waals surface area contributed by atoms with Gasteiger partial charge in [0.2, 0.25) is 0 Å². The molecule has 0 amide bonds. The first-order valence-electron chi connectivity index (χ1n) is 8.33. The Hall–Kier alpha value is -1.37. The van der Waals surface area contributed by atoms with Crippen molar-refractivity contribution >= 4 is 23.4 Å². The third-order valence-electron chi connectivity index (χ3n) is 4.17. The Balaban J connectivity index is 1.77. The van der Waals surface area contributed by atoms with Gasteiger partial charge in [0.05, 0.1) is 30.5 Å². The summed E-state index contributed by atoms with van der Waals surface area (Å²) >= 11 is 8.07. The predicted octanol–water partition coefficient (Wildman–Crippen LogP) is 4.25. The molecule has 1 aromatic heterocycles. The minimum atomic E-state index is 0.602. The Kier molecular flexibility index (Phi) is 6.15. The first kappa shape index (κ1) is 18.4. The van der Waals surface area contributed by atoms with Crippen LogP contribution in [0.1, 0.15) is 23.4 Å². The van der Waals surface area contributed by atoms with E-state index in [1.807, 2.05) is 19.1 Å². The number of halogens is 1. The van der Waals surface area contributed by atoms with Crippen LogP contribution in [-0.4, -0.2) is 36.5 Å². The van der Waals surface area contributed by atoms with Crippen LogP contribution in [0.5, 0.6) is 11.5 Å². The summed E-state index contributed by atoms with van der Waals surface area (Å²) in [4.78, 5) is 4.68. The van der Waals surface area contributed by atoms with E-state index >= 15 is 0 Å². The van der Waals surface area contributed by atoms with Crippen molar-refractivity contribution in [3.63, 3.8) is 0 Å². The standard InChI is InChI=1S/C18H23ClN2O3S/c1-12-13(2)21(5-8-22-3)18(20-12)25-11-14-9-15(19)17-16(10-14)23-6-4-7-24-17/h9-10H,4-8,11H2,1-3H3. The Morgan fingerprint density at radius 1 is 1.28 bits per heavy atom. The molecule has 7 heteroatoms. The number of fused-ring (bicyclic) bond motifs is 1. The van der Waals surface area contributed by atoms with Gasteiger partial charge in [0.1, 0.15) is 0 Å². The van der Waals surface area contributed by atoms with Crippen LogP contribution in [0.25, 0.3) is 0 Å². The molecule has 5 nitrogen and oxygen atoms in total. The lowest BCUT2D eigenvalue weighted by Gasteiger charge is -2.12. The van der Waals surface area contributed by atoms with Crippen LogP contribution in [0.15, 0.2) is 17.3 Å². The highest BCUT2D eigenvalue weighted by atomic mass is 35.5. The third-order valence-corrected chi connectivity index (χ3v) is 5.50. The Morgan fingerprint density at radius 2 is 2.08 bits per heavy atom. The highest BCUT2D eigenvalue weighted by Crippen LogP contribution is 2.39. The number of hydrogen-bond acceptors (Lipinski definition) is 5. The summed E-state index contributed by atoms with van der Waals surface area (Å²) in [5, 5.41) is 1.60. The van der Waals surface area contributed by atoms with Crippen molar-refractivity contribution < 1.29 is 14.2 Å². The van der Waals surface area contributed by atoms with E-state index in [0.29, 0.717) is 30.6 Å². The quantitative estimate of drug-likeness (QED) is 0.699. The molecule has 0 aliphatic carbocycles. The van der Waals surface area contributed by atoms with Gasteiger partial charge in [-0.3, -0.25) is 0 Å². The fourth-order valence-electron chi connectivity index (χ4n) is 2.70. The van der Waals surface area contributed by atoms with Crippen molar-refractivity contribution in [1.82, 2.24) is 9.55 Å². The number of methoxy groups -OCH3 is 1. The first-order valence-corrected chi connectivity index (χ1v) is 9.70. The molecule has 0 bridgehead atoms. The summed E-state index contributed by atoms with van der Waals surface area (Å²) in [5.74, 6) is 2.15. The van der Waals surface area contributed by atoms with Crippen molar-refractivity contribution in [2.75, 3.05) is 26.9 Å². The Bertz CT molecular complexity index is 748. The zero-order chi connectivity index (χ0) is 17.8. The maximum absolute atomic E-state index is 6.38. The number of nitrogens with zero attached hydrogens (tertiary/aromatic N) is 2. The molecule has 1 aromatic carbocycles. The van der Waals surface area contributed by atoms with Gasteiger partial charge in [0, 0.05) is 31.5 Å². The van der Waals surface area contributed by atoms with Crippen molar-refractivity contribution in [2.24, 2.45) is 0 Å². The van der Waals surface area contributed by atoms with E-state index < -0.39 is 0 Å². The molecule has 0 saturated carbocycles. The van der Waals surface area contributed by atoms with E-state index in [2.05, 4.69) is 16.5 Å². The molecule has 0 fully saturated rings. The fraction of sp³-hybridized carbons (Fsp3) is 0.500. The number of hydrogen-bond donors (Lipinski definition) is 0. The van der Waals surface area contributed by atoms with Gasteiger partial charge in [-0.05, 0) is 31.5 Å². The molecule has 0 N–H and O–H groups in total. The largest absolute Gasteiger partial charge is 0.489 e. The molecule has 1 aliphatic heterocycles. The smallest absolute Gasteiger partial charge is 0.179 e. The third kappa shape index (κ3) is 4.25. The molecule has 0 atom stereocenters.